The molecule has 1 unspecified atom stereocenters. The van der Waals surface area contributed by atoms with E-state index in [4.69, 9.17) is 4.74 Å². The molecule has 0 aromatic heterocycles. The Balaban J connectivity index is 2.82. The molecule has 1 aromatic rings. The Morgan fingerprint density at radius 2 is 2.00 bits per heavy atom. The summed E-state index contributed by atoms with van der Waals surface area (Å²) in [6.45, 7) is 7.26. The van der Waals surface area contributed by atoms with E-state index in [1.807, 2.05) is 27.0 Å². The number of nitrogens with one attached hydrogen (secondary N) is 1. The van der Waals surface area contributed by atoms with Crippen LogP contribution >= 0.6 is 15.9 Å². The monoisotopic (exact) mass is 285 g/mol. The van der Waals surface area contributed by atoms with Crippen molar-refractivity contribution in [3.63, 3.8) is 0 Å². The Bertz CT molecular complexity index is 339. The van der Waals surface area contributed by atoms with Gasteiger partial charge in [0.2, 0.25) is 0 Å². The van der Waals surface area contributed by atoms with E-state index in [-0.39, 0.29) is 6.10 Å². The molecule has 0 aliphatic heterocycles. The lowest BCUT2D eigenvalue weighted by atomic mass is 10.0. The van der Waals surface area contributed by atoms with Crippen LogP contribution in [0.3, 0.4) is 0 Å². The molecule has 0 saturated carbocycles. The molecule has 3 heteroatoms. The summed E-state index contributed by atoms with van der Waals surface area (Å²) in [5, 5.41) is 3.19. The van der Waals surface area contributed by atoms with E-state index in [1.165, 1.54) is 5.56 Å². The van der Waals surface area contributed by atoms with Crippen molar-refractivity contribution < 1.29 is 4.74 Å². The maximum absolute atomic E-state index is 5.68. The zero-order valence-corrected chi connectivity index (χ0v) is 12.0. The molecule has 1 rings (SSSR count). The van der Waals surface area contributed by atoms with Gasteiger partial charge in [0, 0.05) is 6.54 Å². The lowest BCUT2D eigenvalue weighted by molar-refractivity contribution is 0.241. The van der Waals surface area contributed by atoms with E-state index in [2.05, 4.69) is 40.3 Å². The maximum Gasteiger partial charge on any atom is 0.133 e. The molecule has 0 aliphatic carbocycles. The maximum atomic E-state index is 5.68. The predicted molar refractivity (Wildman–Crippen MR) is 72.2 cm³/mol. The Morgan fingerprint density at radius 3 is 2.50 bits per heavy atom. The van der Waals surface area contributed by atoms with Crippen molar-refractivity contribution in [2.24, 2.45) is 0 Å². The van der Waals surface area contributed by atoms with Crippen molar-refractivity contribution in [1.82, 2.24) is 5.32 Å². The van der Waals surface area contributed by atoms with Crippen molar-refractivity contribution in [3.8, 4) is 5.75 Å². The highest BCUT2D eigenvalue weighted by atomic mass is 79.9. The molecule has 1 atom stereocenters. The molecule has 2 nitrogen and oxygen atoms in total. The second-order valence-corrected chi connectivity index (χ2v) is 5.17. The van der Waals surface area contributed by atoms with Gasteiger partial charge in [-0.1, -0.05) is 13.0 Å². The minimum absolute atomic E-state index is 0.205. The van der Waals surface area contributed by atoms with Gasteiger partial charge in [0.05, 0.1) is 10.6 Å². The molecular weight excluding hydrogens is 266 g/mol. The summed E-state index contributed by atoms with van der Waals surface area (Å²) in [4.78, 5) is 0. The van der Waals surface area contributed by atoms with Gasteiger partial charge in [-0.25, -0.2) is 0 Å². The summed E-state index contributed by atoms with van der Waals surface area (Å²) >= 11 is 3.55. The molecule has 0 fully saturated rings. The van der Waals surface area contributed by atoms with Crippen LogP contribution in [-0.4, -0.2) is 19.7 Å². The van der Waals surface area contributed by atoms with Crippen LogP contribution in [0.4, 0.5) is 0 Å². The molecule has 16 heavy (non-hydrogen) atoms. The first-order valence-corrected chi connectivity index (χ1v) is 6.44. The van der Waals surface area contributed by atoms with Gasteiger partial charge >= 0.3 is 0 Å². The zero-order valence-electron chi connectivity index (χ0n) is 10.4. The predicted octanol–water partition coefficient (Wildman–Crippen LogP) is 3.56. The van der Waals surface area contributed by atoms with E-state index in [9.17, 15) is 0 Å². The summed E-state index contributed by atoms with van der Waals surface area (Å²) in [6, 6.07) is 6.30. The van der Waals surface area contributed by atoms with Crippen LogP contribution in [-0.2, 0) is 0 Å². The van der Waals surface area contributed by atoms with Crippen LogP contribution < -0.4 is 10.1 Å². The van der Waals surface area contributed by atoms with Crippen LogP contribution in [0.2, 0.25) is 0 Å². The molecule has 1 N–H and O–H groups in total. The summed E-state index contributed by atoms with van der Waals surface area (Å²) in [5.74, 6) is 1.42. The summed E-state index contributed by atoms with van der Waals surface area (Å²) < 4.78 is 6.71. The van der Waals surface area contributed by atoms with E-state index in [0.29, 0.717) is 5.92 Å². The standard InChI is InChI=1S/C13H20BrNO/c1-9(2)16-13-6-5-11(7-12(13)14)10(3)8-15-4/h5-7,9-10,15H,8H2,1-4H3. The third-order valence-electron chi connectivity index (χ3n) is 2.40. The number of halogens is 1. The van der Waals surface area contributed by atoms with E-state index >= 15 is 0 Å². The molecule has 90 valence electrons. The third kappa shape index (κ3) is 3.80. The van der Waals surface area contributed by atoms with Crippen molar-refractivity contribution in [2.45, 2.75) is 32.8 Å². The van der Waals surface area contributed by atoms with E-state index < -0.39 is 0 Å². The largest absolute Gasteiger partial charge is 0.490 e. The fourth-order valence-corrected chi connectivity index (χ4v) is 2.09. The minimum Gasteiger partial charge on any atom is -0.490 e. The molecule has 0 spiro atoms. The Hall–Kier alpha value is -0.540. The minimum atomic E-state index is 0.205. The smallest absolute Gasteiger partial charge is 0.133 e. The molecule has 0 saturated heterocycles. The molecular formula is C13H20BrNO. The number of benzene rings is 1. The van der Waals surface area contributed by atoms with Crippen LogP contribution in [0.1, 0.15) is 32.3 Å². The Kier molecular flexibility index (Phi) is 5.29. The molecule has 0 aliphatic rings. The van der Waals surface area contributed by atoms with Crippen LogP contribution in [0.15, 0.2) is 22.7 Å². The highest BCUT2D eigenvalue weighted by molar-refractivity contribution is 9.10. The topological polar surface area (TPSA) is 21.3 Å². The first-order valence-electron chi connectivity index (χ1n) is 5.65. The first kappa shape index (κ1) is 13.5. The average Bonchev–Trinajstić information content (AvgIpc) is 2.20. The number of rotatable bonds is 5. The lowest BCUT2D eigenvalue weighted by Gasteiger charge is -2.15. The van der Waals surface area contributed by atoms with Crippen LogP contribution in [0.25, 0.3) is 0 Å². The quantitative estimate of drug-likeness (QED) is 0.893. The van der Waals surface area contributed by atoms with Gasteiger partial charge in [-0.3, -0.25) is 0 Å². The average molecular weight is 286 g/mol. The van der Waals surface area contributed by atoms with Crippen molar-refractivity contribution in [1.29, 1.82) is 0 Å². The van der Waals surface area contributed by atoms with E-state index in [1.54, 1.807) is 0 Å². The fourth-order valence-electron chi connectivity index (χ4n) is 1.60. The molecule has 1 aromatic carbocycles. The summed E-state index contributed by atoms with van der Waals surface area (Å²) in [7, 11) is 1.97. The van der Waals surface area contributed by atoms with Crippen LogP contribution in [0, 0.1) is 0 Å². The summed E-state index contributed by atoms with van der Waals surface area (Å²) in [6.07, 6.45) is 0.205. The second kappa shape index (κ2) is 6.26. The van der Waals surface area contributed by atoms with Gasteiger partial charge in [0.1, 0.15) is 5.75 Å². The van der Waals surface area contributed by atoms with Gasteiger partial charge in [-0.15, -0.1) is 0 Å². The van der Waals surface area contributed by atoms with Crippen molar-refractivity contribution in [2.75, 3.05) is 13.6 Å². The number of hydrogen-bond acceptors (Lipinski definition) is 2. The third-order valence-corrected chi connectivity index (χ3v) is 3.02. The normalized spacial score (nSPS) is 12.9. The number of likely N-dealkylation sites (N-methyl/N-ethyl adjacent to an activating group) is 1. The lowest BCUT2D eigenvalue weighted by Crippen LogP contribution is -2.14. The number of ether oxygens (including phenoxy) is 1. The summed E-state index contributed by atoms with van der Waals surface area (Å²) in [5.41, 5.74) is 1.32. The zero-order chi connectivity index (χ0) is 12.1. The van der Waals surface area contributed by atoms with Gasteiger partial charge in [-0.05, 0) is 60.4 Å². The SMILES string of the molecule is CNCC(C)c1ccc(OC(C)C)c(Br)c1. The van der Waals surface area contributed by atoms with Gasteiger partial charge in [-0.2, -0.15) is 0 Å². The van der Waals surface area contributed by atoms with Gasteiger partial charge in [0.15, 0.2) is 0 Å². The molecule has 0 heterocycles. The van der Waals surface area contributed by atoms with Crippen LogP contribution in [0.5, 0.6) is 5.75 Å². The molecule has 0 amide bonds. The van der Waals surface area contributed by atoms with E-state index in [0.717, 1.165) is 16.8 Å². The number of hydrogen-bond donors (Lipinski definition) is 1. The Morgan fingerprint density at radius 1 is 1.31 bits per heavy atom. The molecule has 0 radical (unpaired) electrons. The van der Waals surface area contributed by atoms with Crippen molar-refractivity contribution in [3.05, 3.63) is 28.2 Å². The highest BCUT2D eigenvalue weighted by Gasteiger charge is 2.08. The second-order valence-electron chi connectivity index (χ2n) is 4.32. The molecule has 0 bridgehead atoms. The highest BCUT2D eigenvalue weighted by Crippen LogP contribution is 2.29. The fraction of sp³-hybridized carbons (Fsp3) is 0.538. The Labute approximate surface area is 107 Å². The van der Waals surface area contributed by atoms with Gasteiger partial charge < -0.3 is 10.1 Å². The van der Waals surface area contributed by atoms with Gasteiger partial charge in [0.25, 0.3) is 0 Å². The first-order chi connectivity index (χ1) is 7.54. The van der Waals surface area contributed by atoms with Crippen molar-refractivity contribution >= 4 is 15.9 Å².